The predicted molar refractivity (Wildman–Crippen MR) is 165 cm³/mol. The fraction of sp³-hybridized carbons (Fsp3) is 0.621. The van der Waals surface area contributed by atoms with E-state index in [1.54, 1.807) is 4.90 Å². The number of nitrogens with zero attached hydrogens (tertiary/aromatic N) is 3. The molecule has 0 unspecified atom stereocenters. The molecule has 2 heterocycles. The number of unbranched alkanes of at least 4 members (excludes halogenated alkanes) is 2. The van der Waals surface area contributed by atoms with Gasteiger partial charge >= 0.3 is 6.09 Å². The number of sulfone groups is 1. The maximum Gasteiger partial charge on any atom is 0.410 e. The number of halogens is 2. The number of hydrogen-bond acceptors (Lipinski definition) is 8. The Bertz CT molecular complexity index is 1240. The molecule has 0 atom stereocenters. The molecule has 9 nitrogen and oxygen atoms in total. The van der Waals surface area contributed by atoms with Gasteiger partial charge in [0.1, 0.15) is 23.2 Å². The van der Waals surface area contributed by atoms with Gasteiger partial charge in [0.05, 0.1) is 20.9 Å². The Morgan fingerprint density at radius 3 is 2.17 bits per heavy atom. The normalized spacial score (nSPS) is 15.7. The number of piperidine rings is 1. The van der Waals surface area contributed by atoms with Crippen LogP contribution in [0.4, 0.5) is 10.5 Å². The van der Waals surface area contributed by atoms with Gasteiger partial charge in [-0.1, -0.05) is 56.3 Å². The minimum atomic E-state index is -3.15. The molecule has 0 bridgehead atoms. The summed E-state index contributed by atoms with van der Waals surface area (Å²) in [7, 11) is -3.15. The smallest absolute Gasteiger partial charge is 0.410 e. The number of benzene rings is 1. The Balaban J connectivity index is 0.000000263. The lowest BCUT2D eigenvalue weighted by molar-refractivity contribution is 0.0122. The molecule has 2 aliphatic rings. The lowest BCUT2D eigenvalue weighted by atomic mass is 10.1. The molecule has 2 aromatic rings. The number of aromatic nitrogens is 2. The average Bonchev–Trinajstić information content (AvgIpc) is 3.76. The highest BCUT2D eigenvalue weighted by Gasteiger charge is 2.37. The summed E-state index contributed by atoms with van der Waals surface area (Å²) in [4.78, 5) is 22.0. The zero-order chi connectivity index (χ0) is 30.8. The number of amides is 1. The molecular weight excluding hydrogens is 587 g/mol. The predicted octanol–water partition coefficient (Wildman–Crippen LogP) is 7.27. The molecule has 230 valence electrons. The minimum absolute atomic E-state index is 0.0170. The van der Waals surface area contributed by atoms with E-state index < -0.39 is 15.4 Å². The summed E-state index contributed by atoms with van der Waals surface area (Å²) in [5.41, 5.74) is 6.16. The van der Waals surface area contributed by atoms with Crippen LogP contribution < -0.4 is 10.5 Å². The summed E-state index contributed by atoms with van der Waals surface area (Å²) < 4.78 is 34.8. The molecule has 12 heteroatoms. The molecule has 4 rings (SSSR count). The van der Waals surface area contributed by atoms with Crippen LogP contribution in [0.1, 0.15) is 85.1 Å². The SMILES string of the molecule is CCCCC.Cc1c(Cl)ncnc1OC1CCN(C(=O)OC(C)(C)C)CC1.Nc1ccc(S(=O)(=O)C2CC2)cc1Cl. The molecule has 1 saturated carbocycles. The summed E-state index contributed by atoms with van der Waals surface area (Å²) in [6, 6.07) is 4.46. The lowest BCUT2D eigenvalue weighted by Crippen LogP contribution is -2.44. The fourth-order valence-electron chi connectivity index (χ4n) is 3.78. The first-order valence-electron chi connectivity index (χ1n) is 14.1. The molecule has 1 aromatic carbocycles. The van der Waals surface area contributed by atoms with Crippen molar-refractivity contribution in [2.24, 2.45) is 0 Å². The van der Waals surface area contributed by atoms with E-state index in [0.717, 1.165) is 31.2 Å². The molecule has 1 aliphatic carbocycles. The van der Waals surface area contributed by atoms with Crippen molar-refractivity contribution in [3.05, 3.63) is 40.3 Å². The monoisotopic (exact) mass is 630 g/mol. The van der Waals surface area contributed by atoms with Crippen LogP contribution in [-0.2, 0) is 14.6 Å². The van der Waals surface area contributed by atoms with Crippen LogP contribution in [-0.4, -0.2) is 59.4 Å². The van der Waals surface area contributed by atoms with E-state index in [1.165, 1.54) is 43.8 Å². The number of ether oxygens (including phenoxy) is 2. The Morgan fingerprint density at radius 2 is 1.68 bits per heavy atom. The summed E-state index contributed by atoms with van der Waals surface area (Å²) in [6.45, 7) is 13.1. The zero-order valence-corrected chi connectivity index (χ0v) is 27.3. The van der Waals surface area contributed by atoms with Crippen molar-refractivity contribution in [1.82, 2.24) is 14.9 Å². The summed E-state index contributed by atoms with van der Waals surface area (Å²) in [5.74, 6) is 0.510. The quantitative estimate of drug-likeness (QED) is 0.261. The van der Waals surface area contributed by atoms with Gasteiger partial charge in [0, 0.05) is 31.5 Å². The molecule has 1 aromatic heterocycles. The number of likely N-dealkylation sites (tertiary alicyclic amines) is 1. The Labute approximate surface area is 255 Å². The molecule has 1 saturated heterocycles. The van der Waals surface area contributed by atoms with Crippen molar-refractivity contribution < 1.29 is 22.7 Å². The van der Waals surface area contributed by atoms with E-state index in [4.69, 9.17) is 38.4 Å². The van der Waals surface area contributed by atoms with Crippen molar-refractivity contribution >= 4 is 44.8 Å². The molecule has 2 fully saturated rings. The van der Waals surface area contributed by atoms with Gasteiger partial charge < -0.3 is 20.1 Å². The van der Waals surface area contributed by atoms with E-state index >= 15 is 0 Å². The van der Waals surface area contributed by atoms with E-state index in [-0.39, 0.29) is 22.3 Å². The third kappa shape index (κ3) is 11.5. The minimum Gasteiger partial charge on any atom is -0.474 e. The van der Waals surface area contributed by atoms with Gasteiger partial charge in [-0.2, -0.15) is 0 Å². The van der Waals surface area contributed by atoms with Gasteiger partial charge in [0.15, 0.2) is 9.84 Å². The van der Waals surface area contributed by atoms with E-state index in [2.05, 4.69) is 23.8 Å². The van der Waals surface area contributed by atoms with Crippen LogP contribution in [0.2, 0.25) is 10.2 Å². The van der Waals surface area contributed by atoms with Crippen LogP contribution in [0.3, 0.4) is 0 Å². The first-order valence-corrected chi connectivity index (χ1v) is 16.4. The van der Waals surface area contributed by atoms with Crippen LogP contribution >= 0.6 is 23.2 Å². The van der Waals surface area contributed by atoms with Gasteiger partial charge in [-0.25, -0.2) is 23.2 Å². The highest BCUT2D eigenvalue weighted by molar-refractivity contribution is 7.92. The number of nitrogen functional groups attached to an aromatic ring is 1. The molecule has 41 heavy (non-hydrogen) atoms. The summed E-state index contributed by atoms with van der Waals surface area (Å²) >= 11 is 11.7. The average molecular weight is 632 g/mol. The Morgan fingerprint density at radius 1 is 1.07 bits per heavy atom. The second-order valence-corrected chi connectivity index (χ2v) is 14.2. The molecule has 1 aliphatic heterocycles. The number of hydrogen-bond donors (Lipinski definition) is 1. The van der Waals surface area contributed by atoms with Gasteiger partial charge in [-0.05, 0) is 58.7 Å². The molecule has 2 N–H and O–H groups in total. The van der Waals surface area contributed by atoms with Gasteiger partial charge in [0.2, 0.25) is 5.88 Å². The maximum atomic E-state index is 12.0. The van der Waals surface area contributed by atoms with Crippen LogP contribution in [0, 0.1) is 6.92 Å². The Hall–Kier alpha value is -2.30. The first-order chi connectivity index (χ1) is 19.2. The standard InChI is InChI=1S/C15H22ClN3O3.C9H10ClNO2S.C5H12/c1-10-12(16)17-9-18-13(10)21-11-5-7-19(8-6-11)14(20)22-15(2,3)4;10-8-5-7(3-4-9(8)11)14(12,13)6-1-2-6;1-3-5-4-2/h9,11H,5-8H2,1-4H3;3-6H,1-2,11H2;3-5H2,1-2H3. The van der Waals surface area contributed by atoms with Gasteiger partial charge in [0.25, 0.3) is 0 Å². The molecule has 0 spiro atoms. The van der Waals surface area contributed by atoms with Crippen LogP contribution in [0.25, 0.3) is 0 Å². The van der Waals surface area contributed by atoms with Crippen molar-refractivity contribution in [2.45, 2.75) is 108 Å². The van der Waals surface area contributed by atoms with Crippen molar-refractivity contribution in [3.63, 3.8) is 0 Å². The van der Waals surface area contributed by atoms with Crippen molar-refractivity contribution in [2.75, 3.05) is 18.8 Å². The largest absolute Gasteiger partial charge is 0.474 e. The lowest BCUT2D eigenvalue weighted by Gasteiger charge is -2.33. The van der Waals surface area contributed by atoms with Crippen LogP contribution in [0.5, 0.6) is 5.88 Å². The van der Waals surface area contributed by atoms with Crippen molar-refractivity contribution in [1.29, 1.82) is 0 Å². The first kappa shape index (κ1) is 34.9. The summed E-state index contributed by atoms with van der Waals surface area (Å²) in [5, 5.41) is 0.491. The number of carbonyl (C=O) groups is 1. The molecule has 0 radical (unpaired) electrons. The molecular formula is C29H44Cl2N4O5S. The number of rotatable bonds is 6. The highest BCUT2D eigenvalue weighted by atomic mass is 35.5. The molecule has 1 amide bonds. The number of nitrogens with two attached hydrogens (primary N) is 1. The van der Waals surface area contributed by atoms with E-state index in [9.17, 15) is 13.2 Å². The maximum absolute atomic E-state index is 12.0. The third-order valence-corrected chi connectivity index (χ3v) is 9.29. The second-order valence-electron chi connectivity index (χ2n) is 11.2. The van der Waals surface area contributed by atoms with E-state index in [0.29, 0.717) is 34.8 Å². The van der Waals surface area contributed by atoms with Gasteiger partial charge in [-0.3, -0.25) is 0 Å². The highest BCUT2D eigenvalue weighted by Crippen LogP contribution is 2.35. The second kappa shape index (κ2) is 15.8. The topological polar surface area (TPSA) is 125 Å². The van der Waals surface area contributed by atoms with Gasteiger partial charge in [-0.15, -0.1) is 0 Å². The summed E-state index contributed by atoms with van der Waals surface area (Å²) in [6.07, 6.45) is 8.19. The van der Waals surface area contributed by atoms with E-state index in [1.807, 2.05) is 27.7 Å². The number of anilines is 1. The Kier molecular flexibility index (Phi) is 13.4. The third-order valence-electron chi connectivity index (χ3n) is 6.32. The number of carbonyl (C=O) groups excluding carboxylic acids is 1. The zero-order valence-electron chi connectivity index (χ0n) is 25.0. The fourth-order valence-corrected chi connectivity index (χ4v) is 5.83. The van der Waals surface area contributed by atoms with Crippen LogP contribution in [0.15, 0.2) is 29.4 Å². The van der Waals surface area contributed by atoms with Crippen molar-refractivity contribution in [3.8, 4) is 5.88 Å².